The highest BCUT2D eigenvalue weighted by molar-refractivity contribution is 14.1. The number of carbonyl (C=O) groups excluding carboxylic acids is 3. The molecule has 0 unspecified atom stereocenters. The fourth-order valence-corrected chi connectivity index (χ4v) is 4.30. The smallest absolute Gasteiger partial charge is 0.341 e. The van der Waals surface area contributed by atoms with Gasteiger partial charge in [0, 0.05) is 31.1 Å². The molecule has 0 aliphatic heterocycles. The van der Waals surface area contributed by atoms with Gasteiger partial charge in [0.15, 0.2) is 0 Å². The lowest BCUT2D eigenvalue weighted by Gasteiger charge is -2.19. The number of ether oxygens (including phenoxy) is 3. The number of hydrogen-bond acceptors (Lipinski definition) is 9. The first-order chi connectivity index (χ1) is 20.1. The normalized spacial score (nSPS) is 11.0. The van der Waals surface area contributed by atoms with E-state index in [0.717, 1.165) is 3.57 Å². The van der Waals surface area contributed by atoms with Crippen LogP contribution in [0, 0.1) is 3.57 Å². The lowest BCUT2D eigenvalue weighted by atomic mass is 10.2. The molecule has 0 saturated heterocycles. The monoisotopic (exact) mass is 907 g/mol. The van der Waals surface area contributed by atoms with Gasteiger partial charge in [-0.2, -0.15) is 0 Å². The molecule has 0 aliphatic carbocycles. The lowest BCUT2D eigenvalue weighted by molar-refractivity contribution is 0.00566. The van der Waals surface area contributed by atoms with Gasteiger partial charge < -0.3 is 14.2 Å². The average Bonchev–Trinajstić information content (AvgIpc) is 2.86. The molecule has 15 heteroatoms. The maximum Gasteiger partial charge on any atom is 0.341 e. The Labute approximate surface area is 302 Å². The van der Waals surface area contributed by atoms with E-state index < -0.39 is 29.1 Å². The maximum atomic E-state index is 11.7. The molecule has 3 rings (SSSR count). The highest BCUT2D eigenvalue weighted by atomic mass is 127. The van der Waals surface area contributed by atoms with Crippen LogP contribution in [0.25, 0.3) is 0 Å². The van der Waals surface area contributed by atoms with Crippen LogP contribution in [-0.2, 0) is 14.2 Å². The number of carbonyl (C=O) groups is 3. The van der Waals surface area contributed by atoms with Crippen molar-refractivity contribution in [2.75, 3.05) is 0 Å². The SMILES string of the molecule is CC(C)(C)OC(=O)c1cc(Br)cnc1Cl.CC(C)(C)OC(=O)c1cc(I)cnc1Cl.CC(C)OC(=O)c1cc(Br)cnc1Cl. The van der Waals surface area contributed by atoms with Crippen molar-refractivity contribution >= 4 is 107 Å². The van der Waals surface area contributed by atoms with Gasteiger partial charge in [-0.1, -0.05) is 34.8 Å². The topological polar surface area (TPSA) is 118 Å². The molecular formula is C29H31Br2Cl3IN3O6. The largest absolute Gasteiger partial charge is 0.459 e. The predicted octanol–water partition coefficient (Wildman–Crippen LogP) is 9.81. The molecule has 0 fully saturated rings. The molecule has 0 atom stereocenters. The molecule has 44 heavy (non-hydrogen) atoms. The quantitative estimate of drug-likeness (QED) is 0.109. The number of rotatable bonds is 4. The molecule has 0 spiro atoms. The molecule has 3 aromatic heterocycles. The summed E-state index contributed by atoms with van der Waals surface area (Å²) in [6.07, 6.45) is 4.47. The zero-order chi connectivity index (χ0) is 34.0. The van der Waals surface area contributed by atoms with E-state index in [1.807, 2.05) is 0 Å². The Morgan fingerprint density at radius 1 is 0.682 bits per heavy atom. The van der Waals surface area contributed by atoms with E-state index in [-0.39, 0.29) is 32.7 Å². The summed E-state index contributed by atoms with van der Waals surface area (Å²) in [5.74, 6) is -1.38. The first-order valence-electron chi connectivity index (χ1n) is 12.7. The molecule has 9 nitrogen and oxygen atoms in total. The molecule has 0 aliphatic rings. The van der Waals surface area contributed by atoms with Gasteiger partial charge in [0.05, 0.1) is 22.8 Å². The Morgan fingerprint density at radius 2 is 1.02 bits per heavy atom. The third kappa shape index (κ3) is 15.6. The predicted molar refractivity (Wildman–Crippen MR) is 187 cm³/mol. The van der Waals surface area contributed by atoms with Crippen molar-refractivity contribution in [1.29, 1.82) is 0 Å². The number of esters is 3. The van der Waals surface area contributed by atoms with Crippen LogP contribution in [-0.4, -0.2) is 50.2 Å². The number of nitrogens with zero attached hydrogens (tertiary/aromatic N) is 3. The van der Waals surface area contributed by atoms with E-state index in [9.17, 15) is 14.4 Å². The average molecular weight is 911 g/mol. The summed E-state index contributed by atoms with van der Waals surface area (Å²) in [6.45, 7) is 14.4. The van der Waals surface area contributed by atoms with Gasteiger partial charge in [0.25, 0.3) is 0 Å². The van der Waals surface area contributed by atoms with Gasteiger partial charge >= 0.3 is 17.9 Å². The second-order valence-corrected chi connectivity index (χ2v) is 15.1. The Kier molecular flexibility index (Phi) is 16.5. The minimum atomic E-state index is -0.539. The Bertz CT molecular complexity index is 1410. The van der Waals surface area contributed by atoms with Crippen LogP contribution in [0.15, 0.2) is 45.7 Å². The first kappa shape index (κ1) is 40.4. The minimum Gasteiger partial charge on any atom is -0.459 e. The first-order valence-corrected chi connectivity index (χ1v) is 16.5. The van der Waals surface area contributed by atoms with Crippen LogP contribution in [0.3, 0.4) is 0 Å². The summed E-state index contributed by atoms with van der Waals surface area (Å²) in [7, 11) is 0. The molecule has 3 aromatic rings. The summed E-state index contributed by atoms with van der Waals surface area (Å²) in [5.41, 5.74) is -0.223. The van der Waals surface area contributed by atoms with Gasteiger partial charge in [0.2, 0.25) is 0 Å². The number of hydrogen-bond donors (Lipinski definition) is 0. The van der Waals surface area contributed by atoms with Crippen molar-refractivity contribution in [3.05, 3.63) is 81.5 Å². The fraction of sp³-hybridized carbons (Fsp3) is 0.379. The summed E-state index contributed by atoms with van der Waals surface area (Å²) in [5, 5.41) is 0.468. The van der Waals surface area contributed by atoms with Crippen LogP contribution in [0.4, 0.5) is 0 Å². The van der Waals surface area contributed by atoms with Gasteiger partial charge in [-0.25, -0.2) is 29.3 Å². The van der Waals surface area contributed by atoms with Crippen molar-refractivity contribution in [2.24, 2.45) is 0 Å². The van der Waals surface area contributed by atoms with Crippen LogP contribution >= 0.6 is 89.3 Å². The van der Waals surface area contributed by atoms with Crippen molar-refractivity contribution in [2.45, 2.75) is 72.7 Å². The Balaban J connectivity index is 0.000000330. The van der Waals surface area contributed by atoms with Crippen LogP contribution < -0.4 is 0 Å². The van der Waals surface area contributed by atoms with Crippen molar-refractivity contribution in [3.63, 3.8) is 0 Å². The Morgan fingerprint density at radius 3 is 1.39 bits per heavy atom. The maximum absolute atomic E-state index is 11.7. The lowest BCUT2D eigenvalue weighted by Crippen LogP contribution is -2.24. The third-order valence-corrected chi connectivity index (χ3v) is 6.58. The molecule has 0 N–H and O–H groups in total. The second kappa shape index (κ2) is 17.9. The van der Waals surface area contributed by atoms with E-state index in [1.165, 1.54) is 12.4 Å². The summed E-state index contributed by atoms with van der Waals surface area (Å²) in [6, 6.07) is 4.83. The number of halogens is 6. The van der Waals surface area contributed by atoms with Crippen LogP contribution in [0.2, 0.25) is 15.5 Å². The van der Waals surface area contributed by atoms with Crippen LogP contribution in [0.1, 0.15) is 86.5 Å². The molecule has 0 amide bonds. The van der Waals surface area contributed by atoms with Crippen LogP contribution in [0.5, 0.6) is 0 Å². The highest BCUT2D eigenvalue weighted by Crippen LogP contribution is 2.22. The van der Waals surface area contributed by atoms with E-state index in [2.05, 4.69) is 69.4 Å². The van der Waals surface area contributed by atoms with Gasteiger partial charge in [-0.3, -0.25) is 0 Å². The molecular weight excluding hydrogens is 879 g/mol. The van der Waals surface area contributed by atoms with Crippen molar-refractivity contribution < 1.29 is 28.6 Å². The second-order valence-electron chi connectivity index (χ2n) is 10.9. The molecule has 0 radical (unpaired) electrons. The third-order valence-electron chi connectivity index (χ3n) is 4.22. The molecule has 3 heterocycles. The van der Waals surface area contributed by atoms with E-state index in [0.29, 0.717) is 14.5 Å². The molecule has 0 bridgehead atoms. The van der Waals surface area contributed by atoms with Gasteiger partial charge in [-0.15, -0.1) is 0 Å². The van der Waals surface area contributed by atoms with E-state index in [1.54, 1.807) is 79.8 Å². The number of pyridine rings is 3. The summed E-state index contributed by atoms with van der Waals surface area (Å²) < 4.78 is 17.6. The summed E-state index contributed by atoms with van der Waals surface area (Å²) in [4.78, 5) is 46.4. The Hall–Kier alpha value is -1.58. The fourth-order valence-electron chi connectivity index (χ4n) is 2.64. The molecule has 240 valence electrons. The van der Waals surface area contributed by atoms with Crippen molar-refractivity contribution in [3.8, 4) is 0 Å². The number of aromatic nitrogens is 3. The zero-order valence-corrected chi connectivity index (χ0v) is 32.7. The van der Waals surface area contributed by atoms with E-state index >= 15 is 0 Å². The zero-order valence-electron chi connectivity index (χ0n) is 25.1. The highest BCUT2D eigenvalue weighted by Gasteiger charge is 2.22. The van der Waals surface area contributed by atoms with Crippen molar-refractivity contribution in [1.82, 2.24) is 15.0 Å². The standard InChI is InChI=1S/C10H11BrClNO2.C10H11ClINO2.C9H9BrClNO2/c1-10(2,3)15-9(14)7-4-6(11)5-13-8(7)12;1-10(2,3)15-9(14)7-4-6(12)5-13-8(7)11;1-5(2)14-9(13)7-3-6(10)4-12-8(7)11/h2*4-5H,1-3H3;3-5H,1-2H3. The molecule has 0 aromatic carbocycles. The minimum absolute atomic E-state index is 0.146. The summed E-state index contributed by atoms with van der Waals surface area (Å²) >= 11 is 25.8. The van der Waals surface area contributed by atoms with Gasteiger partial charge in [0.1, 0.15) is 26.7 Å². The molecule has 0 saturated carbocycles. The van der Waals surface area contributed by atoms with Gasteiger partial charge in [-0.05, 0) is 128 Å². The van der Waals surface area contributed by atoms with E-state index in [4.69, 9.17) is 49.0 Å².